The molecule has 0 saturated carbocycles. The lowest BCUT2D eigenvalue weighted by Gasteiger charge is -2.25. The summed E-state index contributed by atoms with van der Waals surface area (Å²) in [5, 5.41) is 0. The van der Waals surface area contributed by atoms with Crippen molar-refractivity contribution in [3.8, 4) is 5.75 Å². The van der Waals surface area contributed by atoms with Gasteiger partial charge >= 0.3 is 0 Å². The lowest BCUT2D eigenvalue weighted by Crippen LogP contribution is -2.18. The van der Waals surface area contributed by atoms with Gasteiger partial charge in [-0.1, -0.05) is 31.9 Å². The maximum Gasteiger partial charge on any atom is 0.119 e. The summed E-state index contributed by atoms with van der Waals surface area (Å²) in [6.07, 6.45) is 3.69. The van der Waals surface area contributed by atoms with Crippen molar-refractivity contribution in [1.82, 2.24) is 0 Å². The molecular formula is C18H22NO. The molecule has 0 amide bonds. The molecule has 2 rings (SSSR count). The van der Waals surface area contributed by atoms with Crippen LogP contribution in [0.4, 0.5) is 11.4 Å². The van der Waals surface area contributed by atoms with Gasteiger partial charge in [0.25, 0.3) is 0 Å². The van der Waals surface area contributed by atoms with Crippen LogP contribution in [0.1, 0.15) is 26.2 Å². The van der Waals surface area contributed by atoms with Gasteiger partial charge in [-0.05, 0) is 48.9 Å². The highest BCUT2D eigenvalue weighted by Crippen LogP contribution is 2.27. The Morgan fingerprint density at radius 3 is 2.20 bits per heavy atom. The van der Waals surface area contributed by atoms with E-state index < -0.39 is 0 Å². The van der Waals surface area contributed by atoms with Crippen molar-refractivity contribution < 1.29 is 4.74 Å². The highest BCUT2D eigenvalue weighted by atomic mass is 16.5. The summed E-state index contributed by atoms with van der Waals surface area (Å²) in [7, 11) is 1.70. The smallest absolute Gasteiger partial charge is 0.119 e. The topological polar surface area (TPSA) is 12.5 Å². The Hall–Kier alpha value is -1.96. The summed E-state index contributed by atoms with van der Waals surface area (Å²) in [5.74, 6) is 0.892. The molecule has 0 aromatic heterocycles. The van der Waals surface area contributed by atoms with Gasteiger partial charge in [0.05, 0.1) is 7.11 Å². The zero-order valence-electron chi connectivity index (χ0n) is 12.3. The first-order valence-corrected chi connectivity index (χ1v) is 7.23. The number of unbranched alkanes of at least 4 members (excludes halogenated alkanes) is 2. The first-order valence-electron chi connectivity index (χ1n) is 7.23. The summed E-state index contributed by atoms with van der Waals surface area (Å²) in [6, 6.07) is 19.5. The third-order valence-corrected chi connectivity index (χ3v) is 3.38. The van der Waals surface area contributed by atoms with Crippen molar-refractivity contribution in [2.24, 2.45) is 0 Å². The van der Waals surface area contributed by atoms with Gasteiger partial charge in [0.1, 0.15) is 5.75 Å². The Morgan fingerprint density at radius 2 is 1.60 bits per heavy atom. The summed E-state index contributed by atoms with van der Waals surface area (Å²) in [6.45, 7) is 3.26. The fourth-order valence-corrected chi connectivity index (χ4v) is 2.25. The van der Waals surface area contributed by atoms with Crippen LogP contribution < -0.4 is 9.64 Å². The number of hydrogen-bond acceptors (Lipinski definition) is 2. The standard InChI is InChI=1S/C18H22NO/c1-3-4-8-15-19(16-9-6-5-7-10-16)17-11-13-18(20-2)14-12-17/h6-7,9-14H,3-4,8,15H2,1-2H3. The van der Waals surface area contributed by atoms with E-state index in [1.54, 1.807) is 7.11 Å². The molecular weight excluding hydrogens is 246 g/mol. The molecule has 0 fully saturated rings. The molecule has 0 unspecified atom stereocenters. The summed E-state index contributed by atoms with van der Waals surface area (Å²) < 4.78 is 5.23. The minimum absolute atomic E-state index is 0.892. The summed E-state index contributed by atoms with van der Waals surface area (Å²) in [5.41, 5.74) is 2.41. The number of benzene rings is 2. The van der Waals surface area contributed by atoms with Crippen molar-refractivity contribution in [2.75, 3.05) is 18.6 Å². The number of anilines is 2. The zero-order chi connectivity index (χ0) is 14.2. The third-order valence-electron chi connectivity index (χ3n) is 3.38. The molecule has 2 aromatic carbocycles. The minimum Gasteiger partial charge on any atom is -0.497 e. The monoisotopic (exact) mass is 268 g/mol. The molecule has 20 heavy (non-hydrogen) atoms. The Bertz CT molecular complexity index is 493. The molecule has 0 heterocycles. The summed E-state index contributed by atoms with van der Waals surface area (Å²) in [4.78, 5) is 2.35. The fourth-order valence-electron chi connectivity index (χ4n) is 2.25. The molecule has 2 heteroatoms. The number of hydrogen-bond donors (Lipinski definition) is 0. The Balaban J connectivity index is 2.20. The molecule has 0 aliphatic carbocycles. The van der Waals surface area contributed by atoms with Crippen LogP contribution in [0.15, 0.2) is 48.5 Å². The Kier molecular flexibility index (Phi) is 5.48. The van der Waals surface area contributed by atoms with Crippen LogP contribution >= 0.6 is 0 Å². The van der Waals surface area contributed by atoms with E-state index in [1.165, 1.54) is 30.6 Å². The number of methoxy groups -OCH3 is 1. The molecule has 0 spiro atoms. The molecule has 1 radical (unpaired) electrons. The predicted molar refractivity (Wildman–Crippen MR) is 84.8 cm³/mol. The Morgan fingerprint density at radius 1 is 0.950 bits per heavy atom. The van der Waals surface area contributed by atoms with Crippen LogP contribution in [-0.2, 0) is 0 Å². The first-order chi connectivity index (χ1) is 9.85. The van der Waals surface area contributed by atoms with E-state index in [2.05, 4.69) is 42.2 Å². The molecule has 2 nitrogen and oxygen atoms in total. The largest absolute Gasteiger partial charge is 0.497 e. The van der Waals surface area contributed by atoms with Gasteiger partial charge < -0.3 is 9.64 Å². The van der Waals surface area contributed by atoms with E-state index >= 15 is 0 Å². The molecule has 0 atom stereocenters. The van der Waals surface area contributed by atoms with Crippen molar-refractivity contribution >= 4 is 11.4 Å². The second-order valence-corrected chi connectivity index (χ2v) is 4.81. The van der Waals surface area contributed by atoms with E-state index in [9.17, 15) is 0 Å². The second-order valence-electron chi connectivity index (χ2n) is 4.81. The lowest BCUT2D eigenvalue weighted by molar-refractivity contribution is 0.415. The third kappa shape index (κ3) is 3.77. The van der Waals surface area contributed by atoms with Crippen molar-refractivity contribution in [2.45, 2.75) is 26.2 Å². The van der Waals surface area contributed by atoms with Gasteiger partial charge in [-0.15, -0.1) is 0 Å². The van der Waals surface area contributed by atoms with Crippen LogP contribution in [0.2, 0.25) is 0 Å². The van der Waals surface area contributed by atoms with Crippen LogP contribution in [0.25, 0.3) is 0 Å². The van der Waals surface area contributed by atoms with E-state index in [-0.39, 0.29) is 0 Å². The maximum atomic E-state index is 5.23. The first kappa shape index (κ1) is 14.4. The molecule has 0 N–H and O–H groups in total. The van der Waals surface area contributed by atoms with Crippen LogP contribution in [0.3, 0.4) is 0 Å². The van der Waals surface area contributed by atoms with Crippen molar-refractivity contribution in [3.63, 3.8) is 0 Å². The van der Waals surface area contributed by atoms with Gasteiger partial charge in [-0.3, -0.25) is 0 Å². The maximum absolute atomic E-state index is 5.23. The number of ether oxygens (including phenoxy) is 1. The van der Waals surface area contributed by atoms with E-state index in [1.807, 2.05) is 24.3 Å². The second kappa shape index (κ2) is 7.59. The number of nitrogens with zero attached hydrogens (tertiary/aromatic N) is 1. The molecule has 0 aliphatic rings. The molecule has 0 saturated heterocycles. The van der Waals surface area contributed by atoms with Gasteiger partial charge in [-0.25, -0.2) is 0 Å². The zero-order valence-corrected chi connectivity index (χ0v) is 12.3. The summed E-state index contributed by atoms with van der Waals surface area (Å²) >= 11 is 0. The Labute approximate surface area is 122 Å². The van der Waals surface area contributed by atoms with Crippen LogP contribution in [0.5, 0.6) is 5.75 Å². The van der Waals surface area contributed by atoms with Crippen molar-refractivity contribution in [1.29, 1.82) is 0 Å². The SMILES string of the molecule is CCCCCN(c1cc[c]cc1)c1ccc(OC)cc1. The normalized spacial score (nSPS) is 10.3. The lowest BCUT2D eigenvalue weighted by atomic mass is 10.2. The van der Waals surface area contributed by atoms with Gasteiger partial charge in [0, 0.05) is 17.9 Å². The molecule has 105 valence electrons. The average Bonchev–Trinajstić information content (AvgIpc) is 2.53. The number of rotatable bonds is 7. The molecule has 0 bridgehead atoms. The highest BCUT2D eigenvalue weighted by Gasteiger charge is 2.08. The highest BCUT2D eigenvalue weighted by molar-refractivity contribution is 5.63. The van der Waals surface area contributed by atoms with Crippen molar-refractivity contribution in [3.05, 3.63) is 54.6 Å². The average molecular weight is 268 g/mol. The minimum atomic E-state index is 0.892. The van der Waals surface area contributed by atoms with E-state index in [4.69, 9.17) is 4.74 Å². The predicted octanol–water partition coefficient (Wildman–Crippen LogP) is 4.82. The van der Waals surface area contributed by atoms with Gasteiger partial charge in [0.15, 0.2) is 0 Å². The van der Waals surface area contributed by atoms with Gasteiger partial charge in [0.2, 0.25) is 0 Å². The molecule has 0 aliphatic heterocycles. The van der Waals surface area contributed by atoms with Crippen LogP contribution in [-0.4, -0.2) is 13.7 Å². The fraction of sp³-hybridized carbons (Fsp3) is 0.333. The molecule has 2 aromatic rings. The van der Waals surface area contributed by atoms with E-state index in [0.717, 1.165) is 12.3 Å². The van der Waals surface area contributed by atoms with Crippen LogP contribution in [0, 0.1) is 6.07 Å². The quantitative estimate of drug-likeness (QED) is 0.667. The van der Waals surface area contributed by atoms with Gasteiger partial charge in [-0.2, -0.15) is 0 Å². The van der Waals surface area contributed by atoms with E-state index in [0.29, 0.717) is 0 Å².